The van der Waals surface area contributed by atoms with Crippen molar-refractivity contribution in [3.05, 3.63) is 72.3 Å². The molecule has 0 saturated carbocycles. The van der Waals surface area contributed by atoms with Gasteiger partial charge in [-0.2, -0.15) is 0 Å². The summed E-state index contributed by atoms with van der Waals surface area (Å²) in [5.41, 5.74) is 0.381. The molecule has 0 spiro atoms. The SMILES string of the molecule is CCOC(=O)c1c(NC(=O)COc2ccc3ccccc3c2)sc2ccccc12. The Kier molecular flexibility index (Phi) is 5.44. The van der Waals surface area contributed by atoms with Crippen LogP contribution in [0.4, 0.5) is 5.00 Å². The van der Waals surface area contributed by atoms with Gasteiger partial charge in [-0.1, -0.05) is 48.5 Å². The van der Waals surface area contributed by atoms with Gasteiger partial charge in [0.15, 0.2) is 6.61 Å². The standard InChI is InChI=1S/C23H19NO4S/c1-2-27-23(26)21-18-9-5-6-10-19(18)29-22(21)24-20(25)14-28-17-12-11-15-7-3-4-8-16(15)13-17/h3-13H,2,14H2,1H3,(H,24,25). The summed E-state index contributed by atoms with van der Waals surface area (Å²) in [7, 11) is 0. The van der Waals surface area contributed by atoms with Gasteiger partial charge in [-0.05, 0) is 35.9 Å². The number of esters is 1. The number of thiophene rings is 1. The molecule has 0 saturated heterocycles. The number of hydrogen-bond donors (Lipinski definition) is 1. The van der Waals surface area contributed by atoms with Gasteiger partial charge in [-0.3, -0.25) is 4.79 Å². The lowest BCUT2D eigenvalue weighted by atomic mass is 10.1. The smallest absolute Gasteiger partial charge is 0.341 e. The molecule has 1 aromatic heterocycles. The summed E-state index contributed by atoms with van der Waals surface area (Å²) >= 11 is 1.34. The van der Waals surface area contributed by atoms with Gasteiger partial charge in [0.1, 0.15) is 16.3 Å². The zero-order valence-electron chi connectivity index (χ0n) is 15.8. The minimum absolute atomic E-state index is 0.158. The summed E-state index contributed by atoms with van der Waals surface area (Å²) in [4.78, 5) is 24.9. The number of anilines is 1. The Bertz CT molecular complexity index is 1200. The largest absolute Gasteiger partial charge is 0.484 e. The van der Waals surface area contributed by atoms with Crippen LogP contribution in [0, 0.1) is 0 Å². The summed E-state index contributed by atoms with van der Waals surface area (Å²) in [6, 6.07) is 21.1. The van der Waals surface area contributed by atoms with Crippen molar-refractivity contribution in [1.82, 2.24) is 0 Å². The molecule has 0 aliphatic carbocycles. The van der Waals surface area contributed by atoms with E-state index in [-0.39, 0.29) is 19.1 Å². The first-order valence-corrected chi connectivity index (χ1v) is 10.1. The van der Waals surface area contributed by atoms with E-state index < -0.39 is 5.97 Å². The number of rotatable bonds is 6. The predicted molar refractivity (Wildman–Crippen MR) is 116 cm³/mol. The molecule has 0 aliphatic heterocycles. The van der Waals surface area contributed by atoms with E-state index in [0.717, 1.165) is 20.9 Å². The second-order valence-electron chi connectivity index (χ2n) is 6.37. The first-order valence-electron chi connectivity index (χ1n) is 9.26. The van der Waals surface area contributed by atoms with E-state index in [1.54, 1.807) is 6.92 Å². The average molecular weight is 405 g/mol. The van der Waals surface area contributed by atoms with Crippen LogP contribution in [0.2, 0.25) is 0 Å². The molecule has 0 atom stereocenters. The van der Waals surface area contributed by atoms with Crippen molar-refractivity contribution >= 4 is 49.1 Å². The van der Waals surface area contributed by atoms with E-state index in [4.69, 9.17) is 9.47 Å². The van der Waals surface area contributed by atoms with E-state index in [0.29, 0.717) is 16.3 Å². The fraction of sp³-hybridized carbons (Fsp3) is 0.130. The monoisotopic (exact) mass is 405 g/mol. The average Bonchev–Trinajstić information content (AvgIpc) is 3.10. The summed E-state index contributed by atoms with van der Waals surface area (Å²) < 4.78 is 11.7. The van der Waals surface area contributed by atoms with Crippen molar-refractivity contribution in [2.75, 3.05) is 18.5 Å². The van der Waals surface area contributed by atoms with E-state index >= 15 is 0 Å². The van der Waals surface area contributed by atoms with Crippen LogP contribution in [0.3, 0.4) is 0 Å². The number of carbonyl (C=O) groups is 2. The maximum atomic E-state index is 12.5. The summed E-state index contributed by atoms with van der Waals surface area (Å²) in [6.07, 6.45) is 0. The van der Waals surface area contributed by atoms with Gasteiger partial charge in [0.2, 0.25) is 0 Å². The van der Waals surface area contributed by atoms with E-state index in [2.05, 4.69) is 5.32 Å². The van der Waals surface area contributed by atoms with E-state index in [1.165, 1.54) is 11.3 Å². The minimum atomic E-state index is -0.448. The lowest BCUT2D eigenvalue weighted by Gasteiger charge is -2.09. The normalized spacial score (nSPS) is 10.8. The third-order valence-electron chi connectivity index (χ3n) is 4.42. The van der Waals surface area contributed by atoms with Crippen LogP contribution in [-0.4, -0.2) is 25.1 Å². The zero-order chi connectivity index (χ0) is 20.2. The van der Waals surface area contributed by atoms with Gasteiger partial charge in [0.05, 0.1) is 6.61 Å². The van der Waals surface area contributed by atoms with Crippen LogP contribution in [-0.2, 0) is 9.53 Å². The predicted octanol–water partition coefficient (Wildman–Crippen LogP) is 5.25. The number of amides is 1. The number of nitrogens with one attached hydrogen (secondary N) is 1. The third-order valence-corrected chi connectivity index (χ3v) is 5.51. The molecular formula is C23H19NO4S. The Balaban J connectivity index is 1.51. The Hall–Kier alpha value is -3.38. The maximum absolute atomic E-state index is 12.5. The minimum Gasteiger partial charge on any atom is -0.484 e. The highest BCUT2D eigenvalue weighted by Crippen LogP contribution is 2.36. The molecule has 6 heteroatoms. The molecule has 29 heavy (non-hydrogen) atoms. The number of fused-ring (bicyclic) bond motifs is 2. The molecular weight excluding hydrogens is 386 g/mol. The van der Waals surface area contributed by atoms with Crippen LogP contribution in [0.15, 0.2) is 66.7 Å². The van der Waals surface area contributed by atoms with Crippen molar-refractivity contribution in [2.45, 2.75) is 6.92 Å². The van der Waals surface area contributed by atoms with Crippen molar-refractivity contribution in [3.8, 4) is 5.75 Å². The lowest BCUT2D eigenvalue weighted by Crippen LogP contribution is -2.21. The highest BCUT2D eigenvalue weighted by Gasteiger charge is 2.21. The highest BCUT2D eigenvalue weighted by atomic mass is 32.1. The van der Waals surface area contributed by atoms with E-state index in [1.807, 2.05) is 66.7 Å². The Labute approximate surface area is 171 Å². The van der Waals surface area contributed by atoms with Crippen molar-refractivity contribution in [1.29, 1.82) is 0 Å². The fourth-order valence-electron chi connectivity index (χ4n) is 3.11. The Morgan fingerprint density at radius 2 is 1.72 bits per heavy atom. The third kappa shape index (κ3) is 4.07. The quantitative estimate of drug-likeness (QED) is 0.445. The molecule has 1 heterocycles. The van der Waals surface area contributed by atoms with Gasteiger partial charge in [-0.25, -0.2) is 4.79 Å². The second-order valence-corrected chi connectivity index (χ2v) is 7.42. The molecule has 1 N–H and O–H groups in total. The second kappa shape index (κ2) is 8.32. The van der Waals surface area contributed by atoms with Crippen LogP contribution >= 0.6 is 11.3 Å². The molecule has 4 aromatic rings. The van der Waals surface area contributed by atoms with Crippen molar-refractivity contribution in [3.63, 3.8) is 0 Å². The highest BCUT2D eigenvalue weighted by molar-refractivity contribution is 7.23. The van der Waals surface area contributed by atoms with Gasteiger partial charge in [0.25, 0.3) is 5.91 Å². The molecule has 0 aliphatic rings. The van der Waals surface area contributed by atoms with Crippen molar-refractivity contribution in [2.24, 2.45) is 0 Å². The summed E-state index contributed by atoms with van der Waals surface area (Å²) in [5, 5.41) is 6.18. The van der Waals surface area contributed by atoms with Crippen LogP contribution in [0.1, 0.15) is 17.3 Å². The number of ether oxygens (including phenoxy) is 2. The molecule has 0 unspecified atom stereocenters. The Morgan fingerprint density at radius 1 is 0.966 bits per heavy atom. The van der Waals surface area contributed by atoms with Crippen LogP contribution in [0.25, 0.3) is 20.9 Å². The van der Waals surface area contributed by atoms with Gasteiger partial charge in [-0.15, -0.1) is 11.3 Å². The topological polar surface area (TPSA) is 64.6 Å². The molecule has 0 radical (unpaired) electrons. The number of carbonyl (C=O) groups excluding carboxylic acids is 2. The molecule has 4 rings (SSSR count). The lowest BCUT2D eigenvalue weighted by molar-refractivity contribution is -0.118. The van der Waals surface area contributed by atoms with Gasteiger partial charge in [0, 0.05) is 10.1 Å². The Morgan fingerprint density at radius 3 is 2.55 bits per heavy atom. The van der Waals surface area contributed by atoms with Crippen LogP contribution in [0.5, 0.6) is 5.75 Å². The van der Waals surface area contributed by atoms with Gasteiger partial charge >= 0.3 is 5.97 Å². The first kappa shape index (κ1) is 19.0. The van der Waals surface area contributed by atoms with Crippen molar-refractivity contribution < 1.29 is 19.1 Å². The molecule has 3 aromatic carbocycles. The number of benzene rings is 3. The van der Waals surface area contributed by atoms with Crippen LogP contribution < -0.4 is 10.1 Å². The zero-order valence-corrected chi connectivity index (χ0v) is 16.6. The molecule has 5 nitrogen and oxygen atoms in total. The fourth-order valence-corrected chi connectivity index (χ4v) is 4.21. The number of hydrogen-bond acceptors (Lipinski definition) is 5. The summed E-state index contributed by atoms with van der Waals surface area (Å²) in [6.45, 7) is 1.86. The molecule has 1 amide bonds. The van der Waals surface area contributed by atoms with E-state index in [9.17, 15) is 9.59 Å². The molecule has 0 fully saturated rings. The molecule has 0 bridgehead atoms. The first-order chi connectivity index (χ1) is 14.2. The van der Waals surface area contributed by atoms with Gasteiger partial charge < -0.3 is 14.8 Å². The molecule has 146 valence electrons. The summed E-state index contributed by atoms with van der Waals surface area (Å²) in [5.74, 6) is -0.174. The maximum Gasteiger partial charge on any atom is 0.341 e.